The van der Waals surface area contributed by atoms with Crippen LogP contribution in [0.25, 0.3) is 0 Å². The zero-order valence-electron chi connectivity index (χ0n) is 18.7. The number of hydrogen-bond donors (Lipinski definition) is 1. The van der Waals surface area contributed by atoms with E-state index in [0.29, 0.717) is 38.2 Å². The molecule has 1 aromatic carbocycles. The summed E-state index contributed by atoms with van der Waals surface area (Å²) in [6, 6.07) is 6.12. The molecule has 1 N–H and O–H groups in total. The summed E-state index contributed by atoms with van der Waals surface area (Å²) in [5.74, 6) is -0.519. The van der Waals surface area contributed by atoms with Crippen molar-refractivity contribution in [2.45, 2.75) is 50.6 Å². The summed E-state index contributed by atoms with van der Waals surface area (Å²) in [7, 11) is -3.83. The molecule has 0 bridgehead atoms. The van der Waals surface area contributed by atoms with Crippen LogP contribution in [0.15, 0.2) is 32.7 Å². The lowest BCUT2D eigenvalue weighted by atomic mass is 10.2. The van der Waals surface area contributed by atoms with Gasteiger partial charge in [-0.1, -0.05) is 0 Å². The summed E-state index contributed by atoms with van der Waals surface area (Å²) in [5, 5.41) is 11.9. The molecule has 1 fully saturated rings. The van der Waals surface area contributed by atoms with Crippen LogP contribution < -0.4 is 21.3 Å². The molecular formula is C22H25N5O6S. The third-order valence-electron chi connectivity index (χ3n) is 5.95. The number of rotatable bonds is 7. The van der Waals surface area contributed by atoms with Crippen LogP contribution in [0.3, 0.4) is 0 Å². The highest BCUT2D eigenvalue weighted by Crippen LogP contribution is 2.31. The van der Waals surface area contributed by atoms with E-state index in [-0.39, 0.29) is 28.5 Å². The first-order valence-electron chi connectivity index (χ1n) is 11.1. The van der Waals surface area contributed by atoms with Crippen LogP contribution in [0, 0.1) is 11.3 Å². The lowest BCUT2D eigenvalue weighted by Crippen LogP contribution is -2.44. The highest BCUT2D eigenvalue weighted by atomic mass is 32.2. The molecule has 0 radical (unpaired) electrons. The number of nitriles is 1. The van der Waals surface area contributed by atoms with Gasteiger partial charge in [0.15, 0.2) is 0 Å². The predicted octanol–water partition coefficient (Wildman–Crippen LogP) is 0.650. The minimum Gasteiger partial charge on any atom is -0.492 e. The zero-order chi connectivity index (χ0) is 24.5. The van der Waals surface area contributed by atoms with Gasteiger partial charge in [0.25, 0.3) is 5.56 Å². The Balaban J connectivity index is 1.63. The minimum atomic E-state index is -3.83. The van der Waals surface area contributed by atoms with Crippen LogP contribution in [0.2, 0.25) is 0 Å². The Labute approximate surface area is 196 Å². The number of anilines is 1. The lowest BCUT2D eigenvalue weighted by Gasteiger charge is -2.19. The van der Waals surface area contributed by atoms with Gasteiger partial charge in [0, 0.05) is 31.0 Å². The summed E-state index contributed by atoms with van der Waals surface area (Å²) in [6.45, 7) is 2.61. The molecular weight excluding hydrogens is 462 g/mol. The Bertz CT molecular complexity index is 1400. The summed E-state index contributed by atoms with van der Waals surface area (Å²) in [5.41, 5.74) is -1.00. The van der Waals surface area contributed by atoms with Gasteiger partial charge >= 0.3 is 5.69 Å². The Morgan fingerprint density at radius 2 is 1.91 bits per heavy atom. The highest BCUT2D eigenvalue weighted by molar-refractivity contribution is 7.89. The van der Waals surface area contributed by atoms with Crippen LogP contribution in [0.1, 0.15) is 37.4 Å². The van der Waals surface area contributed by atoms with E-state index < -0.39 is 33.7 Å². The van der Waals surface area contributed by atoms with Gasteiger partial charge in [-0.3, -0.25) is 14.2 Å². The van der Waals surface area contributed by atoms with E-state index in [9.17, 15) is 28.1 Å². The van der Waals surface area contributed by atoms with Gasteiger partial charge < -0.3 is 10.1 Å². The van der Waals surface area contributed by atoms with Gasteiger partial charge in [-0.2, -0.15) is 9.57 Å². The standard InChI is InChI=1S/C22H25N5O6S/c1-2-33-18-8-7-15(12-19(18)34(31,32)25-9-3-4-10-25)24-20(28)14-27-21(29)16(13-23)17-6-5-11-26(17)22(27)30/h7-8,12H,2-6,9-11,14H2,1H3,(H,24,28). The first-order chi connectivity index (χ1) is 16.3. The Morgan fingerprint density at radius 3 is 2.59 bits per heavy atom. The third-order valence-corrected chi connectivity index (χ3v) is 7.87. The molecule has 0 aliphatic carbocycles. The van der Waals surface area contributed by atoms with Crippen molar-refractivity contribution in [1.29, 1.82) is 5.26 Å². The maximum Gasteiger partial charge on any atom is 0.331 e. The van der Waals surface area contributed by atoms with E-state index >= 15 is 0 Å². The molecule has 0 saturated carbocycles. The van der Waals surface area contributed by atoms with Gasteiger partial charge in [0.2, 0.25) is 15.9 Å². The van der Waals surface area contributed by atoms with E-state index in [2.05, 4.69) is 5.32 Å². The van der Waals surface area contributed by atoms with Crippen molar-refractivity contribution < 1.29 is 17.9 Å². The normalized spacial score (nSPS) is 15.6. The number of hydrogen-bond acceptors (Lipinski definition) is 7. The number of carbonyl (C=O) groups is 1. The molecule has 3 heterocycles. The number of nitrogens with one attached hydrogen (secondary N) is 1. The van der Waals surface area contributed by atoms with Crippen LogP contribution in [-0.4, -0.2) is 47.5 Å². The average molecular weight is 488 g/mol. The number of sulfonamides is 1. The second kappa shape index (κ2) is 9.44. The Hall–Kier alpha value is -3.43. The molecule has 0 atom stereocenters. The van der Waals surface area contributed by atoms with E-state index in [0.717, 1.165) is 17.4 Å². The van der Waals surface area contributed by atoms with Crippen LogP contribution in [0.4, 0.5) is 5.69 Å². The minimum absolute atomic E-state index is 0.0596. The van der Waals surface area contributed by atoms with E-state index in [1.54, 1.807) is 6.92 Å². The Kier molecular flexibility index (Phi) is 6.58. The van der Waals surface area contributed by atoms with Crippen molar-refractivity contribution in [2.75, 3.05) is 25.0 Å². The zero-order valence-corrected chi connectivity index (χ0v) is 19.6. The molecule has 4 rings (SSSR count). The number of benzene rings is 1. The molecule has 0 unspecified atom stereocenters. The number of nitrogens with zero attached hydrogens (tertiary/aromatic N) is 4. The lowest BCUT2D eigenvalue weighted by molar-refractivity contribution is -0.116. The molecule has 2 aromatic rings. The maximum atomic E-state index is 13.1. The van der Waals surface area contributed by atoms with Crippen molar-refractivity contribution in [1.82, 2.24) is 13.4 Å². The van der Waals surface area contributed by atoms with E-state index in [4.69, 9.17) is 4.74 Å². The number of ether oxygens (including phenoxy) is 1. The number of fused-ring (bicyclic) bond motifs is 1. The van der Waals surface area contributed by atoms with Crippen LogP contribution >= 0.6 is 0 Å². The summed E-state index contributed by atoms with van der Waals surface area (Å²) in [4.78, 5) is 38.0. The van der Waals surface area contributed by atoms with Crippen molar-refractivity contribution in [3.63, 3.8) is 0 Å². The van der Waals surface area contributed by atoms with Crippen molar-refractivity contribution in [3.05, 3.63) is 50.3 Å². The largest absolute Gasteiger partial charge is 0.492 e. The quantitative estimate of drug-likeness (QED) is 0.604. The topological polar surface area (TPSA) is 144 Å². The molecule has 34 heavy (non-hydrogen) atoms. The van der Waals surface area contributed by atoms with Gasteiger partial charge in [-0.05, 0) is 50.8 Å². The third kappa shape index (κ3) is 4.24. The number of aromatic nitrogens is 2. The second-order valence-electron chi connectivity index (χ2n) is 8.12. The van der Waals surface area contributed by atoms with Gasteiger partial charge in [0.05, 0.1) is 6.61 Å². The molecule has 1 saturated heterocycles. The fraction of sp³-hybridized carbons (Fsp3) is 0.455. The molecule has 1 amide bonds. The monoisotopic (exact) mass is 487 g/mol. The van der Waals surface area contributed by atoms with Crippen molar-refractivity contribution in [3.8, 4) is 11.8 Å². The summed E-state index contributed by atoms with van der Waals surface area (Å²) >= 11 is 0. The van der Waals surface area contributed by atoms with Crippen molar-refractivity contribution >= 4 is 21.6 Å². The molecule has 12 heteroatoms. The number of amides is 1. The highest BCUT2D eigenvalue weighted by Gasteiger charge is 2.30. The van der Waals surface area contributed by atoms with Gasteiger partial charge in [0.1, 0.15) is 28.8 Å². The molecule has 11 nitrogen and oxygen atoms in total. The van der Waals surface area contributed by atoms with E-state index in [1.165, 1.54) is 27.1 Å². The number of carbonyl (C=O) groups excluding carboxylic acids is 1. The molecule has 0 spiro atoms. The van der Waals surface area contributed by atoms with Gasteiger partial charge in [-0.15, -0.1) is 0 Å². The predicted molar refractivity (Wildman–Crippen MR) is 122 cm³/mol. The SMILES string of the molecule is CCOc1ccc(NC(=O)Cn2c(=O)c(C#N)c3n(c2=O)CCC3)cc1S(=O)(=O)N1CCCC1. The van der Waals surface area contributed by atoms with Crippen molar-refractivity contribution in [2.24, 2.45) is 0 Å². The summed E-state index contributed by atoms with van der Waals surface area (Å²) in [6.07, 6.45) is 2.64. The molecule has 1 aromatic heterocycles. The smallest absolute Gasteiger partial charge is 0.331 e. The van der Waals surface area contributed by atoms with Gasteiger partial charge in [-0.25, -0.2) is 17.8 Å². The first-order valence-corrected chi connectivity index (χ1v) is 12.6. The van der Waals surface area contributed by atoms with E-state index in [1.807, 2.05) is 6.07 Å². The maximum absolute atomic E-state index is 13.1. The second-order valence-corrected chi connectivity index (χ2v) is 10.0. The fourth-order valence-corrected chi connectivity index (χ4v) is 6.04. The summed E-state index contributed by atoms with van der Waals surface area (Å²) < 4.78 is 35.2. The fourth-order valence-electron chi connectivity index (χ4n) is 4.36. The average Bonchev–Trinajstić information content (AvgIpc) is 3.51. The Morgan fingerprint density at radius 1 is 1.18 bits per heavy atom. The molecule has 180 valence electrons. The molecule has 2 aliphatic heterocycles. The molecule has 2 aliphatic rings. The van der Waals surface area contributed by atoms with Crippen LogP contribution in [0.5, 0.6) is 5.75 Å². The van der Waals surface area contributed by atoms with Crippen LogP contribution in [-0.2, 0) is 34.3 Å². The first kappa shape index (κ1) is 23.7.